The molecule has 0 bridgehead atoms. The fraction of sp³-hybridized carbons (Fsp3) is 0.394. The quantitative estimate of drug-likeness (QED) is 0.0616. The molecule has 2 aromatic rings. The molecule has 12 heteroatoms. The van der Waals surface area contributed by atoms with Gasteiger partial charge in [-0.3, -0.25) is 24.5 Å². The molecule has 3 amide bonds. The van der Waals surface area contributed by atoms with Gasteiger partial charge in [0.1, 0.15) is 6.29 Å². The number of fused-ring (bicyclic) bond motifs is 2. The molecule has 0 radical (unpaired) electrons. The summed E-state index contributed by atoms with van der Waals surface area (Å²) in [5.41, 5.74) is 15.1. The smallest absolute Gasteiger partial charge is 0.246 e. The van der Waals surface area contributed by atoms with Crippen molar-refractivity contribution >= 4 is 41.6 Å². The fourth-order valence-electron chi connectivity index (χ4n) is 4.85. The fourth-order valence-corrected chi connectivity index (χ4v) is 4.85. The van der Waals surface area contributed by atoms with Crippen LogP contribution in [0, 0.1) is 0 Å². The number of aldehydes is 1. The van der Waals surface area contributed by atoms with Gasteiger partial charge < -0.3 is 31.0 Å². The van der Waals surface area contributed by atoms with E-state index in [0.29, 0.717) is 69.7 Å². The molecule has 45 heavy (non-hydrogen) atoms. The lowest BCUT2D eigenvalue weighted by Gasteiger charge is -2.34. The number of primary amides is 1. The molecule has 2 aromatic carbocycles. The van der Waals surface area contributed by atoms with Gasteiger partial charge in [0.25, 0.3) is 0 Å². The zero-order valence-electron chi connectivity index (χ0n) is 26.7. The highest BCUT2D eigenvalue weighted by Crippen LogP contribution is 2.37. The summed E-state index contributed by atoms with van der Waals surface area (Å²) < 4.78 is 5.91. The summed E-state index contributed by atoms with van der Waals surface area (Å²) >= 11 is 0. The number of hydrogen-bond acceptors (Lipinski definition) is 9. The minimum atomic E-state index is -0.396. The van der Waals surface area contributed by atoms with E-state index >= 15 is 0 Å². The van der Waals surface area contributed by atoms with Gasteiger partial charge in [0.15, 0.2) is 0 Å². The molecule has 244 valence electrons. The van der Waals surface area contributed by atoms with Gasteiger partial charge >= 0.3 is 0 Å². The van der Waals surface area contributed by atoms with Crippen LogP contribution in [0.5, 0.6) is 0 Å². The van der Waals surface area contributed by atoms with Crippen molar-refractivity contribution in [1.82, 2.24) is 15.2 Å². The molecular weight excluding hydrogens is 574 g/mol. The number of carbonyl (C=O) groups excluding carboxylic acids is 4. The average Bonchev–Trinajstić information content (AvgIpc) is 3.02. The van der Waals surface area contributed by atoms with Gasteiger partial charge in [-0.15, -0.1) is 0 Å². The highest BCUT2D eigenvalue weighted by molar-refractivity contribution is 6.01. The lowest BCUT2D eigenvalue weighted by Crippen LogP contribution is -2.39. The normalized spacial score (nSPS) is 14.3. The van der Waals surface area contributed by atoms with E-state index in [9.17, 15) is 14.4 Å². The number of hydrazine groups is 1. The Kier molecular flexibility index (Phi) is 14.9. The molecule has 0 spiro atoms. The van der Waals surface area contributed by atoms with Gasteiger partial charge in [-0.05, 0) is 57.9 Å². The van der Waals surface area contributed by atoms with Gasteiger partial charge in [0, 0.05) is 43.8 Å². The molecule has 0 aromatic heterocycles. The van der Waals surface area contributed by atoms with E-state index in [4.69, 9.17) is 21.1 Å². The van der Waals surface area contributed by atoms with E-state index in [1.165, 1.54) is 17.1 Å². The molecule has 0 atom stereocenters. The maximum absolute atomic E-state index is 13.7. The third-order valence-corrected chi connectivity index (χ3v) is 7.32. The van der Waals surface area contributed by atoms with Crippen molar-refractivity contribution < 1.29 is 23.9 Å². The van der Waals surface area contributed by atoms with Crippen LogP contribution < -0.4 is 27.5 Å². The van der Waals surface area contributed by atoms with Crippen molar-refractivity contribution in [3.8, 4) is 0 Å². The van der Waals surface area contributed by atoms with Crippen LogP contribution in [-0.4, -0.2) is 73.9 Å². The van der Waals surface area contributed by atoms with Gasteiger partial charge in [-0.25, -0.2) is 5.84 Å². The average molecular weight is 622 g/mol. The summed E-state index contributed by atoms with van der Waals surface area (Å²) in [4.78, 5) is 48.0. The van der Waals surface area contributed by atoms with Crippen LogP contribution in [0.3, 0.4) is 0 Å². The van der Waals surface area contributed by atoms with E-state index < -0.39 is 5.60 Å². The first kappa shape index (κ1) is 36.7. The summed E-state index contributed by atoms with van der Waals surface area (Å²) in [6.07, 6.45) is 5.47. The predicted molar refractivity (Wildman–Crippen MR) is 177 cm³/mol. The number of anilines is 1. The molecule has 0 saturated heterocycles. The lowest BCUT2D eigenvalue weighted by atomic mass is 9.95. The van der Waals surface area contributed by atoms with Crippen LogP contribution in [0.25, 0.3) is 11.4 Å². The van der Waals surface area contributed by atoms with Crippen molar-refractivity contribution in [2.45, 2.75) is 51.7 Å². The topological polar surface area (TPSA) is 177 Å². The molecule has 3 rings (SSSR count). The Bertz CT molecular complexity index is 1360. The first-order valence-corrected chi connectivity index (χ1v) is 14.8. The summed E-state index contributed by atoms with van der Waals surface area (Å²) in [6, 6.07) is 15.5. The number of likely N-dealkylation sites (N-methyl/N-ethyl adjacent to an activating group) is 1. The number of carbonyl (C=O) groups is 4. The Morgan fingerprint density at radius 3 is 2.36 bits per heavy atom. The SMILES string of the molecule is CNCOC(C)(C)CCN(N)/C1=C(\N)c2ccccc2N(C(=O)CCCCN(C)C(=O)/C=C\C=O)Cc2ccccc21.NC=O. The summed E-state index contributed by atoms with van der Waals surface area (Å²) in [7, 11) is 3.51. The number of nitrogens with zero attached hydrogens (tertiary/aromatic N) is 3. The van der Waals surface area contributed by atoms with Gasteiger partial charge in [0.2, 0.25) is 18.2 Å². The molecule has 12 nitrogen and oxygen atoms in total. The van der Waals surface area contributed by atoms with E-state index in [0.717, 1.165) is 22.4 Å². The van der Waals surface area contributed by atoms with E-state index in [-0.39, 0.29) is 18.2 Å². The summed E-state index contributed by atoms with van der Waals surface area (Å²) in [6.45, 7) is 5.85. The molecule has 7 N–H and O–H groups in total. The Morgan fingerprint density at radius 1 is 1.04 bits per heavy atom. The molecule has 1 aliphatic rings. The zero-order chi connectivity index (χ0) is 33.4. The second-order valence-corrected chi connectivity index (χ2v) is 11.1. The van der Waals surface area contributed by atoms with Crippen LogP contribution in [0.1, 0.15) is 56.2 Å². The third-order valence-electron chi connectivity index (χ3n) is 7.32. The number of allylic oxidation sites excluding steroid dienone is 1. The number of amides is 3. The van der Waals surface area contributed by atoms with Crippen molar-refractivity contribution in [3.05, 3.63) is 77.4 Å². The molecule has 0 saturated carbocycles. The monoisotopic (exact) mass is 621 g/mol. The molecule has 1 aliphatic heterocycles. The van der Waals surface area contributed by atoms with Gasteiger partial charge in [-0.1, -0.05) is 42.5 Å². The Balaban J connectivity index is 0.00000226. The first-order valence-electron chi connectivity index (χ1n) is 14.8. The van der Waals surface area contributed by atoms with E-state index in [1.54, 1.807) is 17.0 Å². The highest BCUT2D eigenvalue weighted by Gasteiger charge is 2.28. The number of nitrogens with two attached hydrogens (primary N) is 3. The van der Waals surface area contributed by atoms with Crippen molar-refractivity contribution in [1.29, 1.82) is 0 Å². The Labute approximate surface area is 265 Å². The molecule has 0 fully saturated rings. The van der Waals surface area contributed by atoms with Crippen molar-refractivity contribution in [2.24, 2.45) is 17.3 Å². The van der Waals surface area contributed by atoms with Crippen LogP contribution in [0.2, 0.25) is 0 Å². The maximum Gasteiger partial charge on any atom is 0.246 e. The molecule has 1 heterocycles. The summed E-state index contributed by atoms with van der Waals surface area (Å²) in [5.74, 6) is 6.43. The number of nitrogens with one attached hydrogen (secondary N) is 1. The van der Waals surface area contributed by atoms with Crippen LogP contribution in [-0.2, 0) is 30.5 Å². The Morgan fingerprint density at radius 2 is 1.69 bits per heavy atom. The zero-order valence-corrected chi connectivity index (χ0v) is 26.7. The van der Waals surface area contributed by atoms with Crippen LogP contribution in [0.15, 0.2) is 60.7 Å². The number of para-hydroxylation sites is 1. The van der Waals surface area contributed by atoms with Gasteiger partial charge in [0.05, 0.1) is 36.0 Å². The van der Waals surface area contributed by atoms with Crippen molar-refractivity contribution in [2.75, 3.05) is 38.8 Å². The Hall–Kier alpha value is -4.52. The van der Waals surface area contributed by atoms with E-state index in [2.05, 4.69) is 11.1 Å². The predicted octanol–water partition coefficient (Wildman–Crippen LogP) is 2.34. The molecule has 0 aliphatic carbocycles. The minimum absolute atomic E-state index is 0.0311. The van der Waals surface area contributed by atoms with Crippen molar-refractivity contribution in [3.63, 3.8) is 0 Å². The number of hydrogen-bond donors (Lipinski definition) is 4. The van der Waals surface area contributed by atoms with Gasteiger partial charge in [-0.2, -0.15) is 0 Å². The van der Waals surface area contributed by atoms with Crippen LogP contribution >= 0.6 is 0 Å². The molecular formula is C33H47N7O5. The largest absolute Gasteiger partial charge is 0.396 e. The highest BCUT2D eigenvalue weighted by atomic mass is 16.5. The number of rotatable bonds is 14. The first-order chi connectivity index (χ1) is 21.5. The minimum Gasteiger partial charge on any atom is -0.396 e. The standard InChI is InChI=1S/C32H44N6O4.CH3NO/c1-32(2,42-23-35-3)18-20-38(34)31-25-13-6-5-12-24(25)22-37(27-15-8-7-14-26(27)30(31)33)29(41)16-9-10-19-36(4)28(40)17-11-21-39;2-1-3/h5-8,11-15,17,21,35H,9-10,16,18-20,22-23,33-34H2,1-4H3;1H,(H2,2,3)/b17-11-,31-30-;. The maximum atomic E-state index is 13.7. The number of benzene rings is 2. The third kappa shape index (κ3) is 10.9. The lowest BCUT2D eigenvalue weighted by molar-refractivity contribution is -0.125. The summed E-state index contributed by atoms with van der Waals surface area (Å²) in [5, 5.41) is 4.70. The number of unbranched alkanes of at least 4 members (excludes halogenated alkanes) is 1. The molecule has 0 unspecified atom stereocenters. The second kappa shape index (κ2) is 18.3. The second-order valence-electron chi connectivity index (χ2n) is 11.1. The van der Waals surface area contributed by atoms with Crippen LogP contribution in [0.4, 0.5) is 5.69 Å². The number of ether oxygens (including phenoxy) is 1. The van der Waals surface area contributed by atoms with E-state index in [1.807, 2.05) is 69.4 Å².